The van der Waals surface area contributed by atoms with E-state index in [0.29, 0.717) is 0 Å². The van der Waals surface area contributed by atoms with Crippen molar-refractivity contribution < 1.29 is 4.79 Å². The third kappa shape index (κ3) is 2.51. The summed E-state index contributed by atoms with van der Waals surface area (Å²) in [7, 11) is 0. The quantitative estimate of drug-likeness (QED) is 0.876. The van der Waals surface area contributed by atoms with Crippen LogP contribution in [0.3, 0.4) is 0 Å². The molecule has 1 aromatic rings. The number of nitrogens with one attached hydrogen (secondary N) is 1. The zero-order valence-corrected chi connectivity index (χ0v) is 11.7. The maximum Gasteiger partial charge on any atom is 0.240 e. The van der Waals surface area contributed by atoms with Crippen LogP contribution in [0, 0.1) is 0 Å². The molecule has 1 fully saturated rings. The van der Waals surface area contributed by atoms with Crippen molar-refractivity contribution in [3.63, 3.8) is 0 Å². The fraction of sp³-hybridized carbons (Fsp3) is 0.462. The summed E-state index contributed by atoms with van der Waals surface area (Å²) in [5.74, 6) is 1.07. The van der Waals surface area contributed by atoms with E-state index in [9.17, 15) is 4.79 Å². The summed E-state index contributed by atoms with van der Waals surface area (Å²) in [5, 5.41) is 3.10. The number of halogens is 1. The number of hydrogen-bond acceptors (Lipinski definition) is 3. The van der Waals surface area contributed by atoms with E-state index in [1.807, 2.05) is 23.9 Å². The molecule has 0 radical (unpaired) electrons. The molecule has 5 heteroatoms. The molecular formula is C13H17ClN2OS. The lowest BCUT2D eigenvalue weighted by Gasteiger charge is -2.27. The van der Waals surface area contributed by atoms with Crippen molar-refractivity contribution in [3.8, 4) is 0 Å². The summed E-state index contributed by atoms with van der Waals surface area (Å²) in [5.41, 5.74) is 6.58. The van der Waals surface area contributed by atoms with Crippen molar-refractivity contribution in [3.05, 3.63) is 29.8 Å². The van der Waals surface area contributed by atoms with Gasteiger partial charge in [0.15, 0.2) is 0 Å². The Bertz CT molecular complexity index is 462. The number of amides is 1. The normalized spacial score (nSPS) is 23.5. The van der Waals surface area contributed by atoms with Crippen LogP contribution < -0.4 is 11.1 Å². The van der Waals surface area contributed by atoms with E-state index in [1.54, 1.807) is 0 Å². The minimum absolute atomic E-state index is 0. The van der Waals surface area contributed by atoms with Crippen LogP contribution in [0.2, 0.25) is 0 Å². The lowest BCUT2D eigenvalue weighted by Crippen LogP contribution is -2.44. The Labute approximate surface area is 117 Å². The summed E-state index contributed by atoms with van der Waals surface area (Å²) >= 11 is 1.86. The van der Waals surface area contributed by atoms with Crippen molar-refractivity contribution >= 4 is 30.1 Å². The fourth-order valence-corrected chi connectivity index (χ4v) is 3.28. The SMILES string of the molecule is Cl.NC1(C(=O)NC2CCSc3ccccc32)CC1. The van der Waals surface area contributed by atoms with Gasteiger partial charge in [0.25, 0.3) is 0 Å². The predicted molar refractivity (Wildman–Crippen MR) is 76.1 cm³/mol. The van der Waals surface area contributed by atoms with Gasteiger partial charge in [-0.3, -0.25) is 4.79 Å². The van der Waals surface area contributed by atoms with E-state index < -0.39 is 5.54 Å². The second-order valence-electron chi connectivity index (χ2n) is 4.86. The highest BCUT2D eigenvalue weighted by atomic mass is 35.5. The largest absolute Gasteiger partial charge is 0.348 e. The van der Waals surface area contributed by atoms with Gasteiger partial charge in [-0.1, -0.05) is 18.2 Å². The molecule has 0 bridgehead atoms. The highest BCUT2D eigenvalue weighted by molar-refractivity contribution is 7.99. The number of thioether (sulfide) groups is 1. The number of benzene rings is 1. The molecule has 18 heavy (non-hydrogen) atoms. The molecule has 2 aliphatic rings. The van der Waals surface area contributed by atoms with Crippen LogP contribution in [-0.4, -0.2) is 17.2 Å². The molecule has 1 atom stereocenters. The Morgan fingerprint density at radius 2 is 2.11 bits per heavy atom. The standard InChI is InChI=1S/C13H16N2OS.ClH/c14-13(6-7-13)12(16)15-10-5-8-17-11-4-2-1-3-9(10)11;/h1-4,10H,5-8,14H2,(H,15,16);1H. The number of carbonyl (C=O) groups is 1. The van der Waals surface area contributed by atoms with E-state index in [0.717, 1.165) is 25.0 Å². The van der Waals surface area contributed by atoms with Crippen LogP contribution in [0.1, 0.15) is 30.9 Å². The topological polar surface area (TPSA) is 55.1 Å². The number of hydrogen-bond donors (Lipinski definition) is 2. The number of fused-ring (bicyclic) bond motifs is 1. The van der Waals surface area contributed by atoms with Crippen LogP contribution in [-0.2, 0) is 4.79 Å². The summed E-state index contributed by atoms with van der Waals surface area (Å²) in [6.45, 7) is 0. The minimum atomic E-state index is -0.570. The molecule has 3 N–H and O–H groups in total. The third-order valence-electron chi connectivity index (χ3n) is 3.50. The van der Waals surface area contributed by atoms with Crippen LogP contribution >= 0.6 is 24.2 Å². The van der Waals surface area contributed by atoms with E-state index in [4.69, 9.17) is 5.73 Å². The Kier molecular flexibility index (Phi) is 3.90. The molecule has 98 valence electrons. The van der Waals surface area contributed by atoms with Crippen LogP contribution in [0.15, 0.2) is 29.2 Å². The second kappa shape index (κ2) is 5.11. The number of carbonyl (C=O) groups excluding carboxylic acids is 1. The van der Waals surface area contributed by atoms with Gasteiger partial charge in [0, 0.05) is 10.6 Å². The first-order valence-electron chi connectivity index (χ1n) is 6.01. The average Bonchev–Trinajstić information content (AvgIpc) is 3.09. The van der Waals surface area contributed by atoms with Gasteiger partial charge in [-0.25, -0.2) is 0 Å². The number of nitrogens with two attached hydrogens (primary N) is 1. The fourth-order valence-electron chi connectivity index (χ4n) is 2.16. The molecule has 1 heterocycles. The lowest BCUT2D eigenvalue weighted by atomic mass is 10.0. The third-order valence-corrected chi connectivity index (χ3v) is 4.63. The zero-order chi connectivity index (χ0) is 11.9. The van der Waals surface area contributed by atoms with Gasteiger partial charge in [0.2, 0.25) is 5.91 Å². The Morgan fingerprint density at radius 3 is 2.83 bits per heavy atom. The highest BCUT2D eigenvalue weighted by Gasteiger charge is 2.46. The molecule has 1 amide bonds. The van der Waals surface area contributed by atoms with Gasteiger partial charge in [-0.2, -0.15) is 0 Å². The van der Waals surface area contributed by atoms with Gasteiger partial charge < -0.3 is 11.1 Å². The Hall–Kier alpha value is -0.710. The van der Waals surface area contributed by atoms with Crippen LogP contribution in [0.4, 0.5) is 0 Å². The molecule has 3 rings (SSSR count). The summed E-state index contributed by atoms with van der Waals surface area (Å²) in [4.78, 5) is 13.2. The smallest absolute Gasteiger partial charge is 0.240 e. The van der Waals surface area contributed by atoms with Gasteiger partial charge in [-0.15, -0.1) is 24.2 Å². The molecular weight excluding hydrogens is 268 g/mol. The van der Waals surface area contributed by atoms with E-state index in [-0.39, 0.29) is 24.4 Å². The average molecular weight is 285 g/mol. The van der Waals surface area contributed by atoms with Crippen molar-refractivity contribution in [1.29, 1.82) is 0 Å². The van der Waals surface area contributed by atoms with Crippen molar-refractivity contribution in [2.45, 2.75) is 35.7 Å². The molecule has 0 saturated heterocycles. The summed E-state index contributed by atoms with van der Waals surface area (Å²) in [6, 6.07) is 8.43. The van der Waals surface area contributed by atoms with E-state index in [1.165, 1.54) is 10.5 Å². The zero-order valence-electron chi connectivity index (χ0n) is 10.0. The van der Waals surface area contributed by atoms with E-state index in [2.05, 4.69) is 17.4 Å². The minimum Gasteiger partial charge on any atom is -0.348 e. The highest BCUT2D eigenvalue weighted by Crippen LogP contribution is 2.38. The summed E-state index contributed by atoms with van der Waals surface area (Å²) in [6.07, 6.45) is 2.63. The molecule has 0 aromatic heterocycles. The Morgan fingerprint density at radius 1 is 1.39 bits per heavy atom. The molecule has 1 saturated carbocycles. The summed E-state index contributed by atoms with van der Waals surface area (Å²) < 4.78 is 0. The van der Waals surface area contributed by atoms with Crippen molar-refractivity contribution in [2.75, 3.05) is 5.75 Å². The molecule has 1 unspecified atom stereocenters. The van der Waals surface area contributed by atoms with Gasteiger partial charge >= 0.3 is 0 Å². The van der Waals surface area contributed by atoms with Crippen molar-refractivity contribution in [2.24, 2.45) is 5.73 Å². The first-order chi connectivity index (χ1) is 8.19. The molecule has 1 aromatic carbocycles. The predicted octanol–water partition coefficient (Wildman–Crippen LogP) is 2.25. The maximum atomic E-state index is 12.0. The van der Waals surface area contributed by atoms with Gasteiger partial charge in [0.05, 0.1) is 11.6 Å². The molecule has 1 aliphatic carbocycles. The second-order valence-corrected chi connectivity index (χ2v) is 5.99. The van der Waals surface area contributed by atoms with Crippen LogP contribution in [0.5, 0.6) is 0 Å². The van der Waals surface area contributed by atoms with Gasteiger partial charge in [0.1, 0.15) is 0 Å². The van der Waals surface area contributed by atoms with E-state index >= 15 is 0 Å². The molecule has 0 spiro atoms. The number of rotatable bonds is 2. The first kappa shape index (κ1) is 13.7. The Balaban J connectivity index is 0.00000120. The monoisotopic (exact) mass is 284 g/mol. The van der Waals surface area contributed by atoms with Crippen LogP contribution in [0.25, 0.3) is 0 Å². The lowest BCUT2D eigenvalue weighted by molar-refractivity contribution is -0.124. The molecule has 1 aliphatic heterocycles. The molecule has 3 nitrogen and oxygen atoms in total. The van der Waals surface area contributed by atoms with Crippen molar-refractivity contribution in [1.82, 2.24) is 5.32 Å². The van der Waals surface area contributed by atoms with Gasteiger partial charge in [-0.05, 0) is 30.9 Å². The first-order valence-corrected chi connectivity index (χ1v) is 6.99. The maximum absolute atomic E-state index is 12.0.